The lowest BCUT2D eigenvalue weighted by Crippen LogP contribution is -2.02. The number of para-hydroxylation sites is 1. The predicted molar refractivity (Wildman–Crippen MR) is 77.1 cm³/mol. The first-order valence-corrected chi connectivity index (χ1v) is 6.91. The van der Waals surface area contributed by atoms with Gasteiger partial charge in [-0.05, 0) is 19.1 Å². The van der Waals surface area contributed by atoms with Gasteiger partial charge in [0.15, 0.2) is 5.82 Å². The van der Waals surface area contributed by atoms with Gasteiger partial charge in [0.25, 0.3) is 0 Å². The fourth-order valence-corrected chi connectivity index (χ4v) is 2.50. The molecule has 0 atom stereocenters. The van der Waals surface area contributed by atoms with Gasteiger partial charge in [0, 0.05) is 18.8 Å². The minimum absolute atomic E-state index is 0.310. The molecule has 2 heterocycles. The molecule has 4 nitrogen and oxygen atoms in total. The number of rotatable bonds is 3. The van der Waals surface area contributed by atoms with E-state index in [4.69, 9.17) is 23.2 Å². The molecule has 0 amide bonds. The highest BCUT2D eigenvalue weighted by Crippen LogP contribution is 2.26. The van der Waals surface area contributed by atoms with Gasteiger partial charge in [0.2, 0.25) is 0 Å². The van der Waals surface area contributed by atoms with Gasteiger partial charge in [-0.3, -0.25) is 9.25 Å². The largest absolute Gasteiger partial charge is 0.278 e. The summed E-state index contributed by atoms with van der Waals surface area (Å²) in [5.41, 5.74) is 1.68. The number of nitrogens with zero attached hydrogens (tertiary/aromatic N) is 4. The summed E-state index contributed by atoms with van der Waals surface area (Å²) in [6.45, 7) is 2.87. The fraction of sp³-hybridized carbons (Fsp3) is 0.231. The monoisotopic (exact) mass is 294 g/mol. The summed E-state index contributed by atoms with van der Waals surface area (Å²) >= 11 is 12.2. The van der Waals surface area contributed by atoms with Crippen molar-refractivity contribution in [3.63, 3.8) is 0 Å². The lowest BCUT2D eigenvalue weighted by atomic mass is 10.3. The third kappa shape index (κ3) is 2.01. The van der Waals surface area contributed by atoms with Gasteiger partial charge in [0.05, 0.1) is 16.4 Å². The van der Waals surface area contributed by atoms with E-state index < -0.39 is 0 Å². The Balaban J connectivity index is 2.29. The molecule has 3 aromatic rings. The first-order chi connectivity index (χ1) is 9.24. The van der Waals surface area contributed by atoms with E-state index >= 15 is 0 Å². The zero-order valence-corrected chi connectivity index (χ0v) is 11.9. The van der Waals surface area contributed by atoms with Crippen LogP contribution in [0.1, 0.15) is 12.7 Å². The summed E-state index contributed by atoms with van der Waals surface area (Å²) in [6.07, 6.45) is 1.93. The summed E-state index contributed by atoms with van der Waals surface area (Å²) in [4.78, 5) is 4.49. The maximum absolute atomic E-state index is 6.17. The standard InChI is InChI=1S/C13H12Cl2N4/c1-2-18-7-6-11(17-18)19-10-5-3-4-9(15)13(10)16-12(19)8-14/h3-7H,2,8H2,1H3. The normalized spacial score (nSPS) is 11.3. The molecule has 0 bridgehead atoms. The van der Waals surface area contributed by atoms with Crippen molar-refractivity contribution in [3.8, 4) is 5.82 Å². The van der Waals surface area contributed by atoms with Gasteiger partial charge in [-0.25, -0.2) is 4.98 Å². The van der Waals surface area contributed by atoms with Crippen molar-refractivity contribution in [1.29, 1.82) is 0 Å². The van der Waals surface area contributed by atoms with Crippen LogP contribution in [0.2, 0.25) is 5.02 Å². The number of alkyl halides is 1. The Morgan fingerprint density at radius 1 is 1.26 bits per heavy atom. The molecule has 0 aliphatic carbocycles. The average molecular weight is 295 g/mol. The van der Waals surface area contributed by atoms with Crippen molar-refractivity contribution in [2.75, 3.05) is 0 Å². The number of hydrogen-bond donors (Lipinski definition) is 0. The molecule has 0 radical (unpaired) electrons. The smallest absolute Gasteiger partial charge is 0.160 e. The van der Waals surface area contributed by atoms with Gasteiger partial charge in [-0.2, -0.15) is 5.10 Å². The highest BCUT2D eigenvalue weighted by molar-refractivity contribution is 6.35. The number of halogens is 2. The van der Waals surface area contributed by atoms with Crippen LogP contribution in [0, 0.1) is 0 Å². The lowest BCUT2D eigenvalue weighted by Gasteiger charge is -2.03. The molecule has 0 N–H and O–H groups in total. The molecule has 0 saturated heterocycles. The quantitative estimate of drug-likeness (QED) is 0.692. The second kappa shape index (κ2) is 4.87. The minimum atomic E-state index is 0.310. The van der Waals surface area contributed by atoms with E-state index in [0.717, 1.165) is 29.2 Å². The first-order valence-electron chi connectivity index (χ1n) is 6.00. The van der Waals surface area contributed by atoms with Gasteiger partial charge in [0.1, 0.15) is 11.3 Å². The second-order valence-electron chi connectivity index (χ2n) is 4.13. The Hall–Kier alpha value is -1.52. The van der Waals surface area contributed by atoms with Crippen LogP contribution in [0.4, 0.5) is 0 Å². The maximum Gasteiger partial charge on any atom is 0.160 e. The van der Waals surface area contributed by atoms with E-state index in [1.807, 2.05) is 46.6 Å². The number of benzene rings is 1. The molecule has 0 spiro atoms. The van der Waals surface area contributed by atoms with Gasteiger partial charge >= 0.3 is 0 Å². The van der Waals surface area contributed by atoms with Gasteiger partial charge in [-0.1, -0.05) is 17.7 Å². The van der Waals surface area contributed by atoms with E-state index in [1.165, 1.54) is 0 Å². The molecule has 1 aromatic carbocycles. The van der Waals surface area contributed by atoms with E-state index in [0.29, 0.717) is 10.9 Å². The van der Waals surface area contributed by atoms with Crippen LogP contribution >= 0.6 is 23.2 Å². The minimum Gasteiger partial charge on any atom is -0.278 e. The molecule has 0 fully saturated rings. The Labute approximate surface area is 120 Å². The molecule has 6 heteroatoms. The molecule has 19 heavy (non-hydrogen) atoms. The van der Waals surface area contributed by atoms with Crippen LogP contribution in [-0.4, -0.2) is 19.3 Å². The number of aryl methyl sites for hydroxylation is 1. The van der Waals surface area contributed by atoms with E-state index in [9.17, 15) is 0 Å². The van der Waals surface area contributed by atoms with Gasteiger partial charge in [-0.15, -0.1) is 11.6 Å². The number of fused-ring (bicyclic) bond motifs is 1. The third-order valence-corrected chi connectivity index (χ3v) is 3.55. The molecular weight excluding hydrogens is 283 g/mol. The summed E-state index contributed by atoms with van der Waals surface area (Å²) in [7, 11) is 0. The van der Waals surface area contributed by atoms with Crippen LogP contribution in [0.3, 0.4) is 0 Å². The SMILES string of the molecule is CCn1ccc(-n2c(CCl)nc3c(Cl)cccc32)n1. The predicted octanol–water partition coefficient (Wildman–Crippen LogP) is 3.63. The van der Waals surface area contributed by atoms with E-state index in [-0.39, 0.29) is 0 Å². The second-order valence-corrected chi connectivity index (χ2v) is 4.81. The lowest BCUT2D eigenvalue weighted by molar-refractivity contribution is 0.652. The van der Waals surface area contributed by atoms with Crippen molar-refractivity contribution < 1.29 is 0 Å². The summed E-state index contributed by atoms with van der Waals surface area (Å²) in [6, 6.07) is 7.64. The molecule has 3 rings (SSSR count). The zero-order chi connectivity index (χ0) is 13.4. The van der Waals surface area contributed by atoms with Crippen LogP contribution in [0.25, 0.3) is 16.9 Å². The molecule has 2 aromatic heterocycles. The Morgan fingerprint density at radius 3 is 2.79 bits per heavy atom. The molecule has 98 valence electrons. The van der Waals surface area contributed by atoms with E-state index in [2.05, 4.69) is 10.1 Å². The molecule has 0 unspecified atom stereocenters. The van der Waals surface area contributed by atoms with Crippen LogP contribution in [0.5, 0.6) is 0 Å². The van der Waals surface area contributed by atoms with E-state index in [1.54, 1.807) is 0 Å². The molecule has 0 saturated carbocycles. The summed E-state index contributed by atoms with van der Waals surface area (Å²) in [5.74, 6) is 1.86. The molecule has 0 aliphatic heterocycles. The van der Waals surface area contributed by atoms with Crippen molar-refractivity contribution >= 4 is 34.2 Å². The number of aromatic nitrogens is 4. The molecular formula is C13H12Cl2N4. The fourth-order valence-electron chi connectivity index (χ4n) is 2.10. The highest BCUT2D eigenvalue weighted by Gasteiger charge is 2.15. The third-order valence-electron chi connectivity index (χ3n) is 3.00. The van der Waals surface area contributed by atoms with Gasteiger partial charge < -0.3 is 0 Å². The average Bonchev–Trinajstić information content (AvgIpc) is 3.02. The molecule has 0 aliphatic rings. The summed E-state index contributed by atoms with van der Waals surface area (Å²) in [5, 5.41) is 5.12. The van der Waals surface area contributed by atoms with Crippen molar-refractivity contribution in [1.82, 2.24) is 19.3 Å². The first kappa shape index (κ1) is 12.5. The topological polar surface area (TPSA) is 35.6 Å². The number of imidazole rings is 1. The summed E-state index contributed by atoms with van der Waals surface area (Å²) < 4.78 is 3.81. The number of hydrogen-bond acceptors (Lipinski definition) is 2. The maximum atomic E-state index is 6.17. The van der Waals surface area contributed by atoms with Crippen LogP contribution in [0.15, 0.2) is 30.5 Å². The highest BCUT2D eigenvalue weighted by atomic mass is 35.5. The van der Waals surface area contributed by atoms with Crippen molar-refractivity contribution in [2.24, 2.45) is 0 Å². The Bertz CT molecular complexity index is 729. The van der Waals surface area contributed by atoms with Crippen LogP contribution < -0.4 is 0 Å². The van der Waals surface area contributed by atoms with Crippen molar-refractivity contribution in [3.05, 3.63) is 41.3 Å². The van der Waals surface area contributed by atoms with Crippen molar-refractivity contribution in [2.45, 2.75) is 19.3 Å². The zero-order valence-electron chi connectivity index (χ0n) is 10.3. The van der Waals surface area contributed by atoms with Crippen LogP contribution in [-0.2, 0) is 12.4 Å². The Morgan fingerprint density at radius 2 is 2.11 bits per heavy atom. The Kier molecular flexibility index (Phi) is 3.21.